The lowest BCUT2D eigenvalue weighted by molar-refractivity contribution is 0.199. The van der Waals surface area contributed by atoms with Crippen LogP contribution in [0.4, 0.5) is 0 Å². The number of rotatable bonds is 6. The third-order valence-electron chi connectivity index (χ3n) is 4.54. The molecule has 0 aliphatic carbocycles. The summed E-state index contributed by atoms with van der Waals surface area (Å²) in [5, 5.41) is 7.11. The summed E-state index contributed by atoms with van der Waals surface area (Å²) in [6.45, 7) is 13.4. The van der Waals surface area contributed by atoms with E-state index >= 15 is 0 Å². The molecule has 0 bridgehead atoms. The SMILES string of the molecule is CC(CNCC1CCN(C)CC1)CN1CCNCC1. The van der Waals surface area contributed by atoms with E-state index in [9.17, 15) is 0 Å². The van der Waals surface area contributed by atoms with Crippen LogP contribution >= 0.6 is 0 Å². The van der Waals surface area contributed by atoms with E-state index in [0.717, 1.165) is 24.9 Å². The molecule has 2 heterocycles. The summed E-state index contributed by atoms with van der Waals surface area (Å²) in [6.07, 6.45) is 2.74. The highest BCUT2D eigenvalue weighted by Gasteiger charge is 2.17. The predicted molar refractivity (Wildman–Crippen MR) is 81.6 cm³/mol. The van der Waals surface area contributed by atoms with Crippen molar-refractivity contribution in [1.82, 2.24) is 20.4 Å². The topological polar surface area (TPSA) is 30.5 Å². The van der Waals surface area contributed by atoms with E-state index < -0.39 is 0 Å². The Bertz CT molecular complexity index is 232. The Morgan fingerprint density at radius 1 is 1.16 bits per heavy atom. The van der Waals surface area contributed by atoms with Gasteiger partial charge in [-0.1, -0.05) is 6.92 Å². The van der Waals surface area contributed by atoms with Crippen molar-refractivity contribution in [2.45, 2.75) is 19.8 Å². The van der Waals surface area contributed by atoms with Crippen LogP contribution in [-0.2, 0) is 0 Å². The number of piperidine rings is 1. The lowest BCUT2D eigenvalue weighted by Crippen LogP contribution is -2.46. The molecule has 19 heavy (non-hydrogen) atoms. The summed E-state index contributed by atoms with van der Waals surface area (Å²) in [5.74, 6) is 1.67. The maximum Gasteiger partial charge on any atom is 0.0107 e. The Balaban J connectivity index is 1.52. The summed E-state index contributed by atoms with van der Waals surface area (Å²) in [6, 6.07) is 0. The Hall–Kier alpha value is -0.160. The molecule has 0 aromatic rings. The molecular weight excluding hydrogens is 236 g/mol. The van der Waals surface area contributed by atoms with Crippen molar-refractivity contribution in [2.24, 2.45) is 11.8 Å². The molecular formula is C15H32N4. The van der Waals surface area contributed by atoms with Gasteiger partial charge in [0.2, 0.25) is 0 Å². The first-order chi connectivity index (χ1) is 9.24. The van der Waals surface area contributed by atoms with Crippen molar-refractivity contribution in [2.75, 3.05) is 66.0 Å². The number of piperazine rings is 1. The molecule has 0 amide bonds. The summed E-state index contributed by atoms with van der Waals surface area (Å²) >= 11 is 0. The van der Waals surface area contributed by atoms with Crippen LogP contribution in [0.5, 0.6) is 0 Å². The smallest absolute Gasteiger partial charge is 0.0107 e. The zero-order valence-electron chi connectivity index (χ0n) is 12.8. The largest absolute Gasteiger partial charge is 0.316 e. The van der Waals surface area contributed by atoms with E-state index in [4.69, 9.17) is 0 Å². The molecule has 0 aromatic heterocycles. The zero-order valence-corrected chi connectivity index (χ0v) is 12.8. The first-order valence-corrected chi connectivity index (χ1v) is 8.06. The maximum absolute atomic E-state index is 3.70. The third-order valence-corrected chi connectivity index (χ3v) is 4.54. The molecule has 2 N–H and O–H groups in total. The second-order valence-electron chi connectivity index (χ2n) is 6.56. The van der Waals surface area contributed by atoms with Gasteiger partial charge < -0.3 is 20.4 Å². The molecule has 2 saturated heterocycles. The number of hydrogen-bond acceptors (Lipinski definition) is 4. The van der Waals surface area contributed by atoms with Crippen molar-refractivity contribution in [3.05, 3.63) is 0 Å². The lowest BCUT2D eigenvalue weighted by atomic mass is 9.97. The van der Waals surface area contributed by atoms with E-state index in [2.05, 4.69) is 34.4 Å². The molecule has 4 nitrogen and oxygen atoms in total. The van der Waals surface area contributed by atoms with Gasteiger partial charge in [0.15, 0.2) is 0 Å². The first kappa shape index (κ1) is 15.2. The predicted octanol–water partition coefficient (Wildman–Crippen LogP) is 0.459. The van der Waals surface area contributed by atoms with Crippen molar-refractivity contribution >= 4 is 0 Å². The van der Waals surface area contributed by atoms with Crippen LogP contribution in [0.3, 0.4) is 0 Å². The third kappa shape index (κ3) is 5.78. The van der Waals surface area contributed by atoms with Crippen molar-refractivity contribution < 1.29 is 0 Å². The fraction of sp³-hybridized carbons (Fsp3) is 1.00. The fourth-order valence-electron chi connectivity index (χ4n) is 3.20. The summed E-state index contributed by atoms with van der Waals surface area (Å²) in [4.78, 5) is 5.04. The van der Waals surface area contributed by atoms with Gasteiger partial charge in [-0.15, -0.1) is 0 Å². The average Bonchev–Trinajstić information content (AvgIpc) is 2.42. The van der Waals surface area contributed by atoms with Crippen LogP contribution in [0.15, 0.2) is 0 Å². The molecule has 1 atom stereocenters. The van der Waals surface area contributed by atoms with E-state index in [1.165, 1.54) is 58.7 Å². The summed E-state index contributed by atoms with van der Waals surface area (Å²) in [5.41, 5.74) is 0. The van der Waals surface area contributed by atoms with Gasteiger partial charge in [-0.2, -0.15) is 0 Å². The molecule has 112 valence electrons. The molecule has 0 aromatic carbocycles. The van der Waals surface area contributed by atoms with E-state index in [1.807, 2.05) is 0 Å². The summed E-state index contributed by atoms with van der Waals surface area (Å²) < 4.78 is 0. The number of hydrogen-bond donors (Lipinski definition) is 2. The highest BCUT2D eigenvalue weighted by atomic mass is 15.2. The molecule has 2 aliphatic heterocycles. The quantitative estimate of drug-likeness (QED) is 0.733. The zero-order chi connectivity index (χ0) is 13.5. The minimum atomic E-state index is 0.768. The average molecular weight is 268 g/mol. The summed E-state index contributed by atoms with van der Waals surface area (Å²) in [7, 11) is 2.24. The van der Waals surface area contributed by atoms with Crippen molar-refractivity contribution in [3.8, 4) is 0 Å². The highest BCUT2D eigenvalue weighted by molar-refractivity contribution is 4.74. The van der Waals surface area contributed by atoms with Gasteiger partial charge in [0.25, 0.3) is 0 Å². The van der Waals surface area contributed by atoms with Gasteiger partial charge >= 0.3 is 0 Å². The van der Waals surface area contributed by atoms with Gasteiger partial charge in [0.1, 0.15) is 0 Å². The molecule has 2 rings (SSSR count). The number of likely N-dealkylation sites (tertiary alicyclic amines) is 1. The highest BCUT2D eigenvalue weighted by Crippen LogP contribution is 2.14. The molecule has 4 heteroatoms. The minimum Gasteiger partial charge on any atom is -0.316 e. The minimum absolute atomic E-state index is 0.768. The van der Waals surface area contributed by atoms with Gasteiger partial charge in [0, 0.05) is 32.7 Å². The maximum atomic E-state index is 3.70. The van der Waals surface area contributed by atoms with E-state index in [1.54, 1.807) is 0 Å². The fourth-order valence-corrected chi connectivity index (χ4v) is 3.20. The molecule has 0 saturated carbocycles. The van der Waals surface area contributed by atoms with Crippen LogP contribution in [0.1, 0.15) is 19.8 Å². The first-order valence-electron chi connectivity index (χ1n) is 8.06. The van der Waals surface area contributed by atoms with Crippen molar-refractivity contribution in [1.29, 1.82) is 0 Å². The number of nitrogens with zero attached hydrogens (tertiary/aromatic N) is 2. The van der Waals surface area contributed by atoms with Gasteiger partial charge in [0.05, 0.1) is 0 Å². The molecule has 1 unspecified atom stereocenters. The van der Waals surface area contributed by atoms with Gasteiger partial charge in [-0.25, -0.2) is 0 Å². The van der Waals surface area contributed by atoms with Gasteiger partial charge in [-0.05, 0) is 57.9 Å². The van der Waals surface area contributed by atoms with Crippen molar-refractivity contribution in [3.63, 3.8) is 0 Å². The van der Waals surface area contributed by atoms with E-state index in [-0.39, 0.29) is 0 Å². The Kier molecular flexibility index (Phi) is 6.57. The van der Waals surface area contributed by atoms with Crippen LogP contribution in [-0.4, -0.2) is 75.8 Å². The Labute approximate surface area is 118 Å². The Morgan fingerprint density at radius 2 is 1.84 bits per heavy atom. The standard InChI is InChI=1S/C15H32N4/c1-14(13-19-9-5-16-6-10-19)11-17-12-15-3-7-18(2)8-4-15/h14-17H,3-13H2,1-2H3. The number of nitrogens with one attached hydrogen (secondary N) is 2. The second kappa shape index (κ2) is 8.20. The molecule has 2 fully saturated rings. The van der Waals surface area contributed by atoms with Crippen LogP contribution < -0.4 is 10.6 Å². The van der Waals surface area contributed by atoms with E-state index in [0.29, 0.717) is 0 Å². The normalized spacial score (nSPS) is 25.6. The molecule has 0 spiro atoms. The van der Waals surface area contributed by atoms with Crippen LogP contribution in [0.2, 0.25) is 0 Å². The second-order valence-corrected chi connectivity index (χ2v) is 6.56. The lowest BCUT2D eigenvalue weighted by Gasteiger charge is -2.31. The molecule has 0 radical (unpaired) electrons. The molecule has 2 aliphatic rings. The van der Waals surface area contributed by atoms with Crippen LogP contribution in [0.25, 0.3) is 0 Å². The van der Waals surface area contributed by atoms with Gasteiger partial charge in [-0.3, -0.25) is 0 Å². The monoisotopic (exact) mass is 268 g/mol. The van der Waals surface area contributed by atoms with Crippen LogP contribution in [0, 0.1) is 11.8 Å². The Morgan fingerprint density at radius 3 is 2.53 bits per heavy atom.